The molecule has 0 saturated carbocycles. The van der Waals surface area contributed by atoms with E-state index in [1.807, 2.05) is 19.1 Å². The minimum absolute atomic E-state index is 0.0754. The van der Waals surface area contributed by atoms with Gasteiger partial charge in [-0.25, -0.2) is 14.1 Å². The Hall–Kier alpha value is -3.22. The molecule has 1 heterocycles. The fraction of sp³-hybridized carbons (Fsp3) is 0.0455. The summed E-state index contributed by atoms with van der Waals surface area (Å²) < 4.78 is 15.0. The fourth-order valence-electron chi connectivity index (χ4n) is 2.97. The summed E-state index contributed by atoms with van der Waals surface area (Å²) in [5.41, 5.74) is 2.44. The van der Waals surface area contributed by atoms with Gasteiger partial charge in [-0.3, -0.25) is 4.79 Å². The summed E-state index contributed by atoms with van der Waals surface area (Å²) in [4.78, 5) is 17.2. The monoisotopic (exact) mass is 440 g/mol. The number of carbonyl (C=O) groups excluding carboxylic acids is 1. The highest BCUT2D eigenvalue weighted by atomic mass is 35.5. The van der Waals surface area contributed by atoms with Gasteiger partial charge in [0.2, 0.25) is 5.82 Å². The first-order valence-electron chi connectivity index (χ1n) is 8.98. The van der Waals surface area contributed by atoms with Gasteiger partial charge in [-0.1, -0.05) is 47.5 Å². The largest absolute Gasteiger partial charge is 0.319 e. The molecule has 30 heavy (non-hydrogen) atoms. The third-order valence-electron chi connectivity index (χ3n) is 4.44. The molecule has 8 heteroatoms. The fourth-order valence-corrected chi connectivity index (χ4v) is 3.33. The predicted molar refractivity (Wildman–Crippen MR) is 116 cm³/mol. The summed E-state index contributed by atoms with van der Waals surface area (Å²) >= 11 is 12.4. The lowest BCUT2D eigenvalue weighted by Crippen LogP contribution is -2.14. The second-order valence-corrected chi connectivity index (χ2v) is 7.37. The van der Waals surface area contributed by atoms with Crippen LogP contribution in [0.1, 0.15) is 16.2 Å². The van der Waals surface area contributed by atoms with Crippen molar-refractivity contribution >= 4 is 34.8 Å². The number of nitrogens with one attached hydrogen (secondary N) is 1. The molecule has 0 saturated heterocycles. The van der Waals surface area contributed by atoms with Crippen LogP contribution in [0.25, 0.3) is 17.1 Å². The van der Waals surface area contributed by atoms with Crippen LogP contribution in [0.3, 0.4) is 0 Å². The van der Waals surface area contributed by atoms with Crippen molar-refractivity contribution in [3.8, 4) is 17.1 Å². The molecule has 0 spiro atoms. The van der Waals surface area contributed by atoms with E-state index >= 15 is 0 Å². The molecule has 0 radical (unpaired) electrons. The number of hydrogen-bond acceptors (Lipinski definition) is 3. The molecule has 4 rings (SSSR count). The van der Waals surface area contributed by atoms with Crippen LogP contribution < -0.4 is 5.32 Å². The van der Waals surface area contributed by atoms with E-state index in [4.69, 9.17) is 23.2 Å². The van der Waals surface area contributed by atoms with Crippen LogP contribution in [0.4, 0.5) is 10.1 Å². The standard InChI is InChI=1S/C22H15Cl2FN4O/c1-13-18(24)9-4-10-19(13)29-21(14-5-2-6-15(23)11-14)27-20(28-29)22(30)26-17-8-3-7-16(25)12-17/h2-12H,1H3,(H,26,30). The number of nitrogens with zero attached hydrogens (tertiary/aromatic N) is 3. The second kappa shape index (κ2) is 8.26. The van der Waals surface area contributed by atoms with Crippen molar-refractivity contribution in [2.45, 2.75) is 6.92 Å². The molecule has 3 aromatic carbocycles. The van der Waals surface area contributed by atoms with E-state index in [1.165, 1.54) is 18.2 Å². The van der Waals surface area contributed by atoms with Gasteiger partial charge in [0.15, 0.2) is 5.82 Å². The topological polar surface area (TPSA) is 59.8 Å². The molecule has 1 aromatic heterocycles. The Kier molecular flexibility index (Phi) is 5.53. The van der Waals surface area contributed by atoms with Crippen molar-refractivity contribution in [1.82, 2.24) is 14.8 Å². The van der Waals surface area contributed by atoms with Gasteiger partial charge in [-0.2, -0.15) is 0 Å². The van der Waals surface area contributed by atoms with Gasteiger partial charge in [-0.15, -0.1) is 5.10 Å². The van der Waals surface area contributed by atoms with Crippen LogP contribution >= 0.6 is 23.2 Å². The number of rotatable bonds is 4. The van der Waals surface area contributed by atoms with Crippen LogP contribution in [0, 0.1) is 12.7 Å². The van der Waals surface area contributed by atoms with Crippen molar-refractivity contribution in [2.75, 3.05) is 5.32 Å². The molecule has 150 valence electrons. The van der Waals surface area contributed by atoms with E-state index in [0.29, 0.717) is 32.8 Å². The Bertz CT molecular complexity index is 1260. The molecule has 0 fully saturated rings. The molecule has 0 bridgehead atoms. The van der Waals surface area contributed by atoms with Crippen LogP contribution in [0.5, 0.6) is 0 Å². The molecule has 5 nitrogen and oxygen atoms in total. The van der Waals surface area contributed by atoms with E-state index < -0.39 is 11.7 Å². The summed E-state index contributed by atoms with van der Waals surface area (Å²) in [5, 5.41) is 8.10. The van der Waals surface area contributed by atoms with Crippen LogP contribution in [-0.2, 0) is 0 Å². The predicted octanol–water partition coefficient (Wildman–Crippen LogP) is 5.94. The van der Waals surface area contributed by atoms with Gasteiger partial charge in [0.1, 0.15) is 5.82 Å². The minimum atomic E-state index is -0.567. The quantitative estimate of drug-likeness (QED) is 0.426. The Morgan fingerprint density at radius 2 is 1.80 bits per heavy atom. The molecule has 0 unspecified atom stereocenters. The summed E-state index contributed by atoms with van der Waals surface area (Å²) in [6, 6.07) is 18.1. The Morgan fingerprint density at radius 3 is 2.57 bits per heavy atom. The van der Waals surface area contributed by atoms with E-state index in [0.717, 1.165) is 5.56 Å². The molecule has 4 aromatic rings. The van der Waals surface area contributed by atoms with E-state index in [1.54, 1.807) is 41.1 Å². The first kappa shape index (κ1) is 20.1. The maximum absolute atomic E-state index is 13.4. The minimum Gasteiger partial charge on any atom is -0.319 e. The van der Waals surface area contributed by atoms with Crippen molar-refractivity contribution in [1.29, 1.82) is 0 Å². The van der Waals surface area contributed by atoms with Crippen LogP contribution in [-0.4, -0.2) is 20.7 Å². The zero-order valence-corrected chi connectivity index (χ0v) is 17.2. The van der Waals surface area contributed by atoms with E-state index in [2.05, 4.69) is 15.4 Å². The van der Waals surface area contributed by atoms with Crippen molar-refractivity contribution in [3.05, 3.63) is 94.0 Å². The third kappa shape index (κ3) is 4.06. The number of carbonyl (C=O) groups is 1. The zero-order valence-electron chi connectivity index (χ0n) is 15.7. The van der Waals surface area contributed by atoms with Gasteiger partial charge in [0.05, 0.1) is 5.69 Å². The molecule has 1 N–H and O–H groups in total. The van der Waals surface area contributed by atoms with Gasteiger partial charge in [-0.05, 0) is 55.0 Å². The van der Waals surface area contributed by atoms with E-state index in [-0.39, 0.29) is 5.82 Å². The Balaban J connectivity index is 1.81. The summed E-state index contributed by atoms with van der Waals surface area (Å²) in [6.45, 7) is 1.85. The summed E-state index contributed by atoms with van der Waals surface area (Å²) in [5.74, 6) is -0.677. The SMILES string of the molecule is Cc1c(Cl)cccc1-n1nc(C(=O)Nc2cccc(F)c2)nc1-c1cccc(Cl)c1. The third-order valence-corrected chi connectivity index (χ3v) is 5.09. The number of hydrogen-bond donors (Lipinski definition) is 1. The normalized spacial score (nSPS) is 10.8. The van der Waals surface area contributed by atoms with Crippen molar-refractivity contribution < 1.29 is 9.18 Å². The number of aromatic nitrogens is 3. The maximum Gasteiger partial charge on any atom is 0.295 e. The number of benzene rings is 3. The van der Waals surface area contributed by atoms with E-state index in [9.17, 15) is 9.18 Å². The molecule has 1 amide bonds. The average Bonchev–Trinajstić information content (AvgIpc) is 3.15. The lowest BCUT2D eigenvalue weighted by molar-refractivity contribution is 0.101. The molecular weight excluding hydrogens is 426 g/mol. The smallest absolute Gasteiger partial charge is 0.295 e. The zero-order chi connectivity index (χ0) is 21.3. The average molecular weight is 441 g/mol. The van der Waals surface area contributed by atoms with Crippen molar-refractivity contribution in [2.24, 2.45) is 0 Å². The lowest BCUT2D eigenvalue weighted by Gasteiger charge is -2.10. The summed E-state index contributed by atoms with van der Waals surface area (Å²) in [7, 11) is 0. The lowest BCUT2D eigenvalue weighted by atomic mass is 10.1. The molecule has 0 aliphatic rings. The van der Waals surface area contributed by atoms with Gasteiger partial charge >= 0.3 is 0 Å². The maximum atomic E-state index is 13.4. The van der Waals surface area contributed by atoms with Crippen molar-refractivity contribution in [3.63, 3.8) is 0 Å². The molecule has 0 atom stereocenters. The molecule has 0 aliphatic carbocycles. The second-order valence-electron chi connectivity index (χ2n) is 6.53. The molecular formula is C22H15Cl2FN4O. The highest BCUT2D eigenvalue weighted by Crippen LogP contribution is 2.28. The number of anilines is 1. The first-order chi connectivity index (χ1) is 14.4. The molecule has 0 aliphatic heterocycles. The number of halogens is 3. The van der Waals surface area contributed by atoms with Gasteiger partial charge in [0, 0.05) is 21.3 Å². The van der Waals surface area contributed by atoms with Gasteiger partial charge < -0.3 is 5.32 Å². The van der Waals surface area contributed by atoms with Crippen LogP contribution in [0.15, 0.2) is 66.7 Å². The van der Waals surface area contributed by atoms with Gasteiger partial charge in [0.25, 0.3) is 5.91 Å². The highest BCUT2D eigenvalue weighted by Gasteiger charge is 2.20. The summed E-state index contributed by atoms with van der Waals surface area (Å²) in [6.07, 6.45) is 0. The highest BCUT2D eigenvalue weighted by molar-refractivity contribution is 6.31. The Morgan fingerprint density at radius 1 is 1.03 bits per heavy atom. The van der Waals surface area contributed by atoms with Crippen LogP contribution in [0.2, 0.25) is 10.0 Å². The Labute approximate surface area is 182 Å². The number of amides is 1. The first-order valence-corrected chi connectivity index (χ1v) is 9.73.